The summed E-state index contributed by atoms with van der Waals surface area (Å²) in [7, 11) is 0. The van der Waals surface area contributed by atoms with Gasteiger partial charge in [-0.15, -0.1) is 0 Å². The van der Waals surface area contributed by atoms with Crippen LogP contribution >= 0.6 is 0 Å². The molecule has 20 heavy (non-hydrogen) atoms. The van der Waals surface area contributed by atoms with Crippen molar-refractivity contribution in [3.63, 3.8) is 0 Å². The smallest absolute Gasteiger partial charge is 0.329 e. The molecule has 2 heterocycles. The van der Waals surface area contributed by atoms with Crippen molar-refractivity contribution in [2.75, 3.05) is 6.61 Å². The average molecular weight is 284 g/mol. The topological polar surface area (TPSA) is 92.9 Å². The Hall–Kier alpha value is -1.14. The van der Waals surface area contributed by atoms with Crippen LogP contribution in [-0.2, 0) is 14.3 Å². The highest BCUT2D eigenvalue weighted by molar-refractivity contribution is 5.89. The van der Waals surface area contributed by atoms with Crippen LogP contribution in [0.1, 0.15) is 40.0 Å². The highest BCUT2D eigenvalue weighted by Gasteiger charge is 2.49. The van der Waals surface area contributed by atoms with E-state index >= 15 is 0 Å². The number of carbonyl (C=O) groups excluding carboxylic acids is 2. The average Bonchev–Trinajstić information content (AvgIpc) is 2.75. The predicted octanol–water partition coefficient (Wildman–Crippen LogP) is 0.0272. The molecular formula is C14H24N2O4. The summed E-state index contributed by atoms with van der Waals surface area (Å²) in [6.07, 6.45) is 2.03. The maximum Gasteiger partial charge on any atom is 0.329 e. The molecule has 4 atom stereocenters. The number of esters is 1. The molecule has 0 aromatic rings. The van der Waals surface area contributed by atoms with Crippen LogP contribution in [0.5, 0.6) is 0 Å². The Morgan fingerprint density at radius 2 is 2.10 bits per heavy atom. The van der Waals surface area contributed by atoms with E-state index in [9.17, 15) is 14.7 Å². The highest BCUT2D eigenvalue weighted by atomic mass is 16.6. The molecule has 0 radical (unpaired) electrons. The molecule has 0 aromatic heterocycles. The monoisotopic (exact) mass is 284 g/mol. The fraction of sp³-hybridized carbons (Fsp3) is 0.857. The molecule has 0 aromatic carbocycles. The van der Waals surface area contributed by atoms with Gasteiger partial charge in [0.25, 0.3) is 0 Å². The fourth-order valence-electron chi connectivity index (χ4n) is 3.11. The number of aliphatic hydroxyl groups is 1. The van der Waals surface area contributed by atoms with Gasteiger partial charge in [0.15, 0.2) is 0 Å². The van der Waals surface area contributed by atoms with E-state index in [1.165, 1.54) is 0 Å². The quantitative estimate of drug-likeness (QED) is 0.698. The van der Waals surface area contributed by atoms with E-state index in [2.05, 4.69) is 0 Å². The minimum Gasteiger partial charge on any atom is -0.458 e. The van der Waals surface area contributed by atoms with Crippen LogP contribution in [0.15, 0.2) is 0 Å². The zero-order chi connectivity index (χ0) is 15.1. The molecule has 2 rings (SSSR count). The van der Waals surface area contributed by atoms with Crippen molar-refractivity contribution in [2.24, 2.45) is 11.7 Å². The summed E-state index contributed by atoms with van der Waals surface area (Å²) in [5, 5.41) is 9.28. The summed E-state index contributed by atoms with van der Waals surface area (Å²) in [6, 6.07) is -1.26. The molecule has 0 saturated carbocycles. The lowest BCUT2D eigenvalue weighted by Crippen LogP contribution is -2.59. The number of aliphatic hydroxyl groups excluding tert-OH is 1. The Bertz CT molecular complexity index is 404. The molecule has 1 amide bonds. The molecule has 6 nitrogen and oxygen atoms in total. The van der Waals surface area contributed by atoms with E-state index in [4.69, 9.17) is 10.5 Å². The van der Waals surface area contributed by atoms with Crippen molar-refractivity contribution in [1.29, 1.82) is 0 Å². The molecule has 3 N–H and O–H groups in total. The zero-order valence-electron chi connectivity index (χ0n) is 12.3. The SMILES string of the molecule is CC(C)(C)OC(=O)[C@@H]1CC[C@H]2C[C@@H](CO)[C@@H](N)C(=O)N21. The Balaban J connectivity index is 2.12. The third kappa shape index (κ3) is 2.81. The summed E-state index contributed by atoms with van der Waals surface area (Å²) < 4.78 is 5.38. The number of nitrogens with two attached hydrogens (primary N) is 1. The first-order valence-corrected chi connectivity index (χ1v) is 7.16. The van der Waals surface area contributed by atoms with E-state index in [1.807, 2.05) is 20.8 Å². The minimum atomic E-state index is -0.723. The Morgan fingerprint density at radius 3 is 2.65 bits per heavy atom. The van der Waals surface area contributed by atoms with Crippen molar-refractivity contribution >= 4 is 11.9 Å². The molecule has 0 spiro atoms. The van der Waals surface area contributed by atoms with E-state index < -0.39 is 17.7 Å². The number of rotatable bonds is 2. The van der Waals surface area contributed by atoms with Crippen LogP contribution in [0.4, 0.5) is 0 Å². The second-order valence-corrected chi connectivity index (χ2v) is 6.73. The lowest BCUT2D eigenvalue weighted by Gasteiger charge is -2.40. The van der Waals surface area contributed by atoms with Gasteiger partial charge in [0.05, 0.1) is 6.04 Å². The molecule has 0 unspecified atom stereocenters. The Kier molecular flexibility index (Phi) is 4.07. The molecule has 2 aliphatic heterocycles. The van der Waals surface area contributed by atoms with Gasteiger partial charge in [-0.05, 0) is 40.0 Å². The summed E-state index contributed by atoms with van der Waals surface area (Å²) in [6.45, 7) is 5.34. The van der Waals surface area contributed by atoms with E-state index in [-0.39, 0.29) is 30.4 Å². The van der Waals surface area contributed by atoms with E-state index in [0.717, 1.165) is 6.42 Å². The third-order valence-electron chi connectivity index (χ3n) is 4.04. The normalized spacial score (nSPS) is 34.0. The van der Waals surface area contributed by atoms with Crippen LogP contribution in [0.2, 0.25) is 0 Å². The van der Waals surface area contributed by atoms with Gasteiger partial charge in [-0.1, -0.05) is 0 Å². The molecular weight excluding hydrogens is 260 g/mol. The molecule has 2 saturated heterocycles. The third-order valence-corrected chi connectivity index (χ3v) is 4.04. The summed E-state index contributed by atoms with van der Waals surface area (Å²) in [5.41, 5.74) is 5.31. The summed E-state index contributed by atoms with van der Waals surface area (Å²) in [4.78, 5) is 26.1. The van der Waals surface area contributed by atoms with Gasteiger partial charge < -0.3 is 20.5 Å². The van der Waals surface area contributed by atoms with Crippen molar-refractivity contribution in [3.8, 4) is 0 Å². The molecule has 0 aliphatic carbocycles. The number of fused-ring (bicyclic) bond motifs is 1. The molecule has 6 heteroatoms. The van der Waals surface area contributed by atoms with Crippen molar-refractivity contribution in [1.82, 2.24) is 4.90 Å². The molecule has 0 bridgehead atoms. The van der Waals surface area contributed by atoms with Gasteiger partial charge in [0.1, 0.15) is 11.6 Å². The highest BCUT2D eigenvalue weighted by Crippen LogP contribution is 2.35. The number of amides is 1. The summed E-state index contributed by atoms with van der Waals surface area (Å²) in [5.74, 6) is -0.808. The molecule has 2 fully saturated rings. The summed E-state index contributed by atoms with van der Waals surface area (Å²) >= 11 is 0. The van der Waals surface area contributed by atoms with Crippen LogP contribution < -0.4 is 5.73 Å². The first kappa shape index (κ1) is 15.3. The maximum absolute atomic E-state index is 12.3. The largest absolute Gasteiger partial charge is 0.458 e. The number of nitrogens with zero attached hydrogens (tertiary/aromatic N) is 1. The minimum absolute atomic E-state index is 0.00281. The number of hydrogen-bond acceptors (Lipinski definition) is 5. The predicted molar refractivity (Wildman–Crippen MR) is 72.7 cm³/mol. The van der Waals surface area contributed by atoms with E-state index in [1.54, 1.807) is 4.90 Å². The van der Waals surface area contributed by atoms with Gasteiger partial charge in [-0.3, -0.25) is 4.79 Å². The van der Waals surface area contributed by atoms with Gasteiger partial charge in [-0.2, -0.15) is 0 Å². The van der Waals surface area contributed by atoms with Gasteiger partial charge in [-0.25, -0.2) is 4.79 Å². The van der Waals surface area contributed by atoms with Crippen LogP contribution in [0.25, 0.3) is 0 Å². The number of ether oxygens (including phenoxy) is 1. The van der Waals surface area contributed by atoms with Crippen molar-refractivity contribution < 1.29 is 19.4 Å². The standard InChI is InChI=1S/C14H24N2O4/c1-14(2,3)20-13(19)10-5-4-9-6-8(7-17)11(15)12(18)16(9)10/h8-11,17H,4-7,15H2,1-3H3/t8-,9-,10-,11+/m0/s1. The van der Waals surface area contributed by atoms with E-state index in [0.29, 0.717) is 12.8 Å². The molecule has 114 valence electrons. The number of hydrogen-bond donors (Lipinski definition) is 2. The van der Waals surface area contributed by atoms with Crippen molar-refractivity contribution in [2.45, 2.75) is 63.8 Å². The first-order valence-electron chi connectivity index (χ1n) is 7.16. The van der Waals surface area contributed by atoms with Gasteiger partial charge in [0.2, 0.25) is 5.91 Å². The van der Waals surface area contributed by atoms with Crippen LogP contribution in [-0.4, -0.2) is 52.2 Å². The Morgan fingerprint density at radius 1 is 1.45 bits per heavy atom. The lowest BCUT2D eigenvalue weighted by atomic mass is 9.87. The van der Waals surface area contributed by atoms with Crippen LogP contribution in [0, 0.1) is 5.92 Å². The van der Waals surface area contributed by atoms with Crippen LogP contribution in [0.3, 0.4) is 0 Å². The number of carbonyl (C=O) groups is 2. The van der Waals surface area contributed by atoms with Crippen molar-refractivity contribution in [3.05, 3.63) is 0 Å². The first-order chi connectivity index (χ1) is 9.24. The molecule has 2 aliphatic rings. The van der Waals surface area contributed by atoms with Gasteiger partial charge >= 0.3 is 5.97 Å². The lowest BCUT2D eigenvalue weighted by molar-refractivity contribution is -0.166. The maximum atomic E-state index is 12.3. The zero-order valence-corrected chi connectivity index (χ0v) is 12.3. The Labute approximate surface area is 119 Å². The second-order valence-electron chi connectivity index (χ2n) is 6.73. The number of piperidine rings is 1. The fourth-order valence-corrected chi connectivity index (χ4v) is 3.11. The second kappa shape index (κ2) is 5.33. The van der Waals surface area contributed by atoms with Gasteiger partial charge in [0, 0.05) is 18.6 Å².